The number of hydrogen-bond donors (Lipinski definition) is 1. The van der Waals surface area contributed by atoms with Gasteiger partial charge >= 0.3 is 0 Å². The van der Waals surface area contributed by atoms with Crippen LogP contribution in [0.4, 0.5) is 5.82 Å². The average molecular weight is 382 g/mol. The van der Waals surface area contributed by atoms with E-state index in [2.05, 4.69) is 14.9 Å². The van der Waals surface area contributed by atoms with Gasteiger partial charge in [0.25, 0.3) is 5.91 Å². The molecule has 2 heterocycles. The SMILES string of the molecule is Nc1nc(CN2CCN(C(=O)c3ccccc3Cl)CC2)nc2ccccc12. The number of anilines is 1. The van der Waals surface area contributed by atoms with Gasteiger partial charge in [0.1, 0.15) is 11.6 Å². The molecule has 0 aliphatic carbocycles. The molecular weight excluding hydrogens is 362 g/mol. The number of carbonyl (C=O) groups is 1. The van der Waals surface area contributed by atoms with E-state index >= 15 is 0 Å². The van der Waals surface area contributed by atoms with Crippen molar-refractivity contribution >= 4 is 34.2 Å². The molecular formula is C20H20ClN5O. The molecule has 1 aliphatic rings. The van der Waals surface area contributed by atoms with Crippen LogP contribution in [0.25, 0.3) is 10.9 Å². The predicted octanol–water partition coefficient (Wildman–Crippen LogP) is 2.82. The Balaban J connectivity index is 1.41. The number of hydrogen-bond acceptors (Lipinski definition) is 5. The lowest BCUT2D eigenvalue weighted by molar-refractivity contribution is 0.0626. The van der Waals surface area contributed by atoms with Crippen molar-refractivity contribution in [2.24, 2.45) is 0 Å². The van der Waals surface area contributed by atoms with E-state index in [4.69, 9.17) is 17.3 Å². The van der Waals surface area contributed by atoms with Crippen LogP contribution in [0.2, 0.25) is 5.02 Å². The van der Waals surface area contributed by atoms with E-state index in [1.54, 1.807) is 12.1 Å². The summed E-state index contributed by atoms with van der Waals surface area (Å²) < 4.78 is 0. The summed E-state index contributed by atoms with van der Waals surface area (Å²) in [5, 5.41) is 1.36. The van der Waals surface area contributed by atoms with Crippen molar-refractivity contribution in [3.05, 3.63) is 64.9 Å². The number of halogens is 1. The van der Waals surface area contributed by atoms with E-state index in [0.29, 0.717) is 41.9 Å². The van der Waals surface area contributed by atoms with E-state index in [-0.39, 0.29) is 5.91 Å². The first kappa shape index (κ1) is 17.7. The minimum absolute atomic E-state index is 0.0218. The minimum Gasteiger partial charge on any atom is -0.383 e. The van der Waals surface area contributed by atoms with Gasteiger partial charge in [0.15, 0.2) is 0 Å². The fraction of sp³-hybridized carbons (Fsp3) is 0.250. The second-order valence-electron chi connectivity index (χ2n) is 6.59. The summed E-state index contributed by atoms with van der Waals surface area (Å²) in [4.78, 5) is 25.8. The maximum absolute atomic E-state index is 12.7. The zero-order valence-electron chi connectivity index (χ0n) is 14.8. The van der Waals surface area contributed by atoms with Gasteiger partial charge in [-0.1, -0.05) is 35.9 Å². The van der Waals surface area contributed by atoms with Gasteiger partial charge in [0, 0.05) is 31.6 Å². The van der Waals surface area contributed by atoms with Crippen molar-refractivity contribution in [2.45, 2.75) is 6.54 Å². The number of piperazine rings is 1. The monoisotopic (exact) mass is 381 g/mol. The number of fused-ring (bicyclic) bond motifs is 1. The molecule has 6 nitrogen and oxygen atoms in total. The molecule has 4 rings (SSSR count). The third-order valence-electron chi connectivity index (χ3n) is 4.81. The summed E-state index contributed by atoms with van der Waals surface area (Å²) in [6.45, 7) is 3.42. The summed E-state index contributed by atoms with van der Waals surface area (Å²) >= 11 is 6.15. The number of benzene rings is 2. The molecule has 1 saturated heterocycles. The first-order valence-electron chi connectivity index (χ1n) is 8.89. The molecule has 138 valence electrons. The Bertz CT molecular complexity index is 985. The molecule has 7 heteroatoms. The third kappa shape index (κ3) is 3.72. The maximum atomic E-state index is 12.7. The molecule has 0 bridgehead atoms. The molecule has 0 unspecified atom stereocenters. The fourth-order valence-corrected chi connectivity index (χ4v) is 3.55. The highest BCUT2D eigenvalue weighted by atomic mass is 35.5. The van der Waals surface area contributed by atoms with Crippen LogP contribution in [-0.4, -0.2) is 51.9 Å². The van der Waals surface area contributed by atoms with Crippen LogP contribution in [0.3, 0.4) is 0 Å². The van der Waals surface area contributed by atoms with Gasteiger partial charge in [-0.25, -0.2) is 9.97 Å². The quantitative estimate of drug-likeness (QED) is 0.755. The second-order valence-corrected chi connectivity index (χ2v) is 7.00. The van der Waals surface area contributed by atoms with Gasteiger partial charge in [-0.05, 0) is 24.3 Å². The van der Waals surface area contributed by atoms with Crippen molar-refractivity contribution < 1.29 is 4.79 Å². The van der Waals surface area contributed by atoms with E-state index in [1.165, 1.54) is 0 Å². The van der Waals surface area contributed by atoms with Crippen molar-refractivity contribution in [2.75, 3.05) is 31.9 Å². The number of aromatic nitrogens is 2. The molecule has 1 aliphatic heterocycles. The number of para-hydroxylation sites is 1. The topological polar surface area (TPSA) is 75.3 Å². The molecule has 0 atom stereocenters. The molecule has 27 heavy (non-hydrogen) atoms. The second kappa shape index (κ2) is 7.50. The molecule has 1 fully saturated rings. The first-order chi connectivity index (χ1) is 13.1. The zero-order chi connectivity index (χ0) is 18.8. The lowest BCUT2D eigenvalue weighted by Crippen LogP contribution is -2.48. The Morgan fingerprint density at radius 1 is 1.00 bits per heavy atom. The zero-order valence-corrected chi connectivity index (χ0v) is 15.6. The van der Waals surface area contributed by atoms with Gasteiger partial charge < -0.3 is 10.6 Å². The summed E-state index contributed by atoms with van der Waals surface area (Å²) in [5.74, 6) is 1.19. The fourth-order valence-electron chi connectivity index (χ4n) is 3.34. The Hall–Kier alpha value is -2.70. The van der Waals surface area contributed by atoms with Crippen LogP contribution >= 0.6 is 11.6 Å². The lowest BCUT2D eigenvalue weighted by Gasteiger charge is -2.34. The van der Waals surface area contributed by atoms with Crippen LogP contribution in [0.1, 0.15) is 16.2 Å². The Labute approximate surface area is 162 Å². The normalized spacial score (nSPS) is 15.2. The molecule has 3 aromatic rings. The van der Waals surface area contributed by atoms with Gasteiger partial charge in [0.05, 0.1) is 22.6 Å². The molecule has 0 radical (unpaired) electrons. The standard InChI is InChI=1S/C20H20ClN5O/c21-16-7-3-1-5-14(16)20(27)26-11-9-25(10-12-26)13-18-23-17-8-4-2-6-15(17)19(22)24-18/h1-8H,9-13H2,(H2,22,23,24). The smallest absolute Gasteiger partial charge is 0.255 e. The number of amides is 1. The van der Waals surface area contributed by atoms with Crippen LogP contribution < -0.4 is 5.73 Å². The number of nitrogen functional groups attached to an aromatic ring is 1. The van der Waals surface area contributed by atoms with Gasteiger partial charge in [-0.2, -0.15) is 0 Å². The van der Waals surface area contributed by atoms with Crippen LogP contribution in [0.5, 0.6) is 0 Å². The highest BCUT2D eigenvalue weighted by molar-refractivity contribution is 6.33. The number of rotatable bonds is 3. The number of nitrogens with two attached hydrogens (primary N) is 1. The van der Waals surface area contributed by atoms with Gasteiger partial charge in [-0.15, -0.1) is 0 Å². The van der Waals surface area contributed by atoms with Crippen molar-refractivity contribution in [1.29, 1.82) is 0 Å². The third-order valence-corrected chi connectivity index (χ3v) is 5.14. The van der Waals surface area contributed by atoms with Gasteiger partial charge in [-0.3, -0.25) is 9.69 Å². The van der Waals surface area contributed by atoms with E-state index in [9.17, 15) is 4.79 Å². The molecule has 2 N–H and O–H groups in total. The Kier molecular flexibility index (Phi) is 4.92. The van der Waals surface area contributed by atoms with Gasteiger partial charge in [0.2, 0.25) is 0 Å². The summed E-state index contributed by atoms with van der Waals surface area (Å²) in [5.41, 5.74) is 7.48. The van der Waals surface area contributed by atoms with Crippen LogP contribution in [-0.2, 0) is 6.54 Å². The van der Waals surface area contributed by atoms with E-state index in [0.717, 1.165) is 24.0 Å². The van der Waals surface area contributed by atoms with Crippen molar-refractivity contribution in [3.63, 3.8) is 0 Å². The summed E-state index contributed by atoms with van der Waals surface area (Å²) in [6, 6.07) is 14.9. The van der Waals surface area contributed by atoms with E-state index < -0.39 is 0 Å². The minimum atomic E-state index is -0.0218. The summed E-state index contributed by atoms with van der Waals surface area (Å²) in [7, 11) is 0. The first-order valence-corrected chi connectivity index (χ1v) is 9.27. The highest BCUT2D eigenvalue weighted by Crippen LogP contribution is 2.20. The molecule has 0 saturated carbocycles. The van der Waals surface area contributed by atoms with Crippen LogP contribution in [0, 0.1) is 0 Å². The van der Waals surface area contributed by atoms with Crippen molar-refractivity contribution in [3.8, 4) is 0 Å². The largest absolute Gasteiger partial charge is 0.383 e. The Morgan fingerprint density at radius 3 is 2.48 bits per heavy atom. The number of nitrogens with zero attached hydrogens (tertiary/aromatic N) is 4. The Morgan fingerprint density at radius 2 is 1.70 bits per heavy atom. The number of carbonyl (C=O) groups excluding carboxylic acids is 1. The molecule has 0 spiro atoms. The predicted molar refractivity (Wildman–Crippen MR) is 107 cm³/mol. The maximum Gasteiger partial charge on any atom is 0.255 e. The molecule has 2 aromatic carbocycles. The summed E-state index contributed by atoms with van der Waals surface area (Å²) in [6.07, 6.45) is 0. The van der Waals surface area contributed by atoms with Crippen molar-refractivity contribution in [1.82, 2.24) is 19.8 Å². The highest BCUT2D eigenvalue weighted by Gasteiger charge is 2.24. The van der Waals surface area contributed by atoms with E-state index in [1.807, 2.05) is 41.3 Å². The van der Waals surface area contributed by atoms with Crippen LogP contribution in [0.15, 0.2) is 48.5 Å². The molecule has 1 aromatic heterocycles. The average Bonchev–Trinajstić information content (AvgIpc) is 2.68. The lowest BCUT2D eigenvalue weighted by atomic mass is 10.2. The molecule has 1 amide bonds.